The minimum atomic E-state index is 0.0925. The average molecular weight is 370 g/mol. The van der Waals surface area contributed by atoms with Crippen molar-refractivity contribution in [1.29, 1.82) is 0 Å². The number of rotatable bonds is 4. The van der Waals surface area contributed by atoms with Gasteiger partial charge in [0.15, 0.2) is 0 Å². The van der Waals surface area contributed by atoms with Crippen LogP contribution in [0.3, 0.4) is 0 Å². The molecule has 4 nitrogen and oxygen atoms in total. The molecule has 2 aliphatic heterocycles. The fourth-order valence-electron chi connectivity index (χ4n) is 4.10. The quantitative estimate of drug-likeness (QED) is 0.891. The van der Waals surface area contributed by atoms with E-state index in [0.29, 0.717) is 5.92 Å². The number of hydrogen-bond acceptors (Lipinski definition) is 3. The Kier molecular flexibility index (Phi) is 5.56. The molecule has 1 unspecified atom stereocenters. The molecule has 0 saturated carbocycles. The second kappa shape index (κ2) is 8.23. The number of carbonyl (C=O) groups excluding carboxylic acids is 1. The van der Waals surface area contributed by atoms with Gasteiger partial charge in [0.2, 0.25) is 0 Å². The number of amides is 2. The molecule has 4 rings (SSSR count). The number of hydrogen-bond donors (Lipinski definition) is 1. The first-order chi connectivity index (χ1) is 12.8. The summed E-state index contributed by atoms with van der Waals surface area (Å²) in [7, 11) is 0. The Bertz CT molecular complexity index is 731. The number of urea groups is 1. The molecule has 1 aromatic heterocycles. The zero-order chi connectivity index (χ0) is 17.8. The van der Waals surface area contributed by atoms with Crippen molar-refractivity contribution in [3.05, 3.63) is 57.8 Å². The molecule has 138 valence electrons. The predicted molar refractivity (Wildman–Crippen MR) is 106 cm³/mol. The minimum Gasteiger partial charge on any atom is -0.338 e. The lowest BCUT2D eigenvalue weighted by molar-refractivity contribution is 0.159. The van der Waals surface area contributed by atoms with E-state index in [9.17, 15) is 4.79 Å². The monoisotopic (exact) mass is 369 g/mol. The molecular formula is C21H27N3OS. The second-order valence-corrected chi connectivity index (χ2v) is 8.48. The van der Waals surface area contributed by atoms with Crippen molar-refractivity contribution in [2.75, 3.05) is 26.2 Å². The number of nitrogens with one attached hydrogen (secondary N) is 1. The van der Waals surface area contributed by atoms with Crippen molar-refractivity contribution in [1.82, 2.24) is 15.1 Å². The smallest absolute Gasteiger partial charge is 0.317 e. The molecule has 0 aliphatic carbocycles. The highest BCUT2D eigenvalue weighted by molar-refractivity contribution is 7.09. The summed E-state index contributed by atoms with van der Waals surface area (Å²) >= 11 is 1.83. The van der Waals surface area contributed by atoms with Crippen LogP contribution in [0.25, 0.3) is 0 Å². The Balaban J connectivity index is 1.25. The molecule has 2 amide bonds. The molecule has 3 heterocycles. The van der Waals surface area contributed by atoms with E-state index in [4.69, 9.17) is 0 Å². The number of thiophene rings is 1. The Hall–Kier alpha value is -1.85. The fourth-order valence-corrected chi connectivity index (χ4v) is 4.84. The van der Waals surface area contributed by atoms with E-state index in [1.165, 1.54) is 35.4 Å². The Morgan fingerprint density at radius 1 is 1.15 bits per heavy atom. The van der Waals surface area contributed by atoms with Crippen LogP contribution >= 0.6 is 11.3 Å². The van der Waals surface area contributed by atoms with Crippen LogP contribution in [0.15, 0.2) is 41.8 Å². The normalized spacial score (nSPS) is 20.6. The molecular weight excluding hydrogens is 342 g/mol. The lowest BCUT2D eigenvalue weighted by Gasteiger charge is -2.34. The van der Waals surface area contributed by atoms with E-state index in [2.05, 4.69) is 52.0 Å². The zero-order valence-corrected chi connectivity index (χ0v) is 16.0. The van der Waals surface area contributed by atoms with Crippen LogP contribution < -0.4 is 5.32 Å². The van der Waals surface area contributed by atoms with Crippen LogP contribution in [-0.4, -0.2) is 42.0 Å². The third-order valence-electron chi connectivity index (χ3n) is 5.52. The topological polar surface area (TPSA) is 35.6 Å². The van der Waals surface area contributed by atoms with Crippen LogP contribution in [0.4, 0.5) is 4.79 Å². The standard InChI is InChI=1S/C21H27N3OS/c25-21(24-11-9-18-6-1-2-7-19(18)15-24)22-13-17-5-3-10-23(14-17)16-20-8-4-12-26-20/h1-2,4,6-8,12,17H,3,5,9-11,13-16H2,(H,22,25). The summed E-state index contributed by atoms with van der Waals surface area (Å²) in [4.78, 5) is 18.5. The molecule has 5 heteroatoms. The number of piperidine rings is 1. The molecule has 1 saturated heterocycles. The largest absolute Gasteiger partial charge is 0.338 e. The van der Waals surface area contributed by atoms with Crippen molar-refractivity contribution in [2.24, 2.45) is 5.92 Å². The van der Waals surface area contributed by atoms with E-state index in [1.54, 1.807) is 0 Å². The van der Waals surface area contributed by atoms with Gasteiger partial charge >= 0.3 is 6.03 Å². The molecule has 2 aliphatic rings. The van der Waals surface area contributed by atoms with Crippen LogP contribution in [0.5, 0.6) is 0 Å². The van der Waals surface area contributed by atoms with Crippen molar-refractivity contribution in [2.45, 2.75) is 32.4 Å². The summed E-state index contributed by atoms with van der Waals surface area (Å²) in [5, 5.41) is 5.34. The van der Waals surface area contributed by atoms with Crippen LogP contribution in [0.2, 0.25) is 0 Å². The maximum absolute atomic E-state index is 12.6. The van der Waals surface area contributed by atoms with Crippen molar-refractivity contribution in [3.63, 3.8) is 0 Å². The highest BCUT2D eigenvalue weighted by Gasteiger charge is 2.23. The van der Waals surface area contributed by atoms with Gasteiger partial charge in [-0.05, 0) is 54.3 Å². The molecule has 1 fully saturated rings. The molecule has 1 N–H and O–H groups in total. The number of nitrogens with zero attached hydrogens (tertiary/aromatic N) is 2. The van der Waals surface area contributed by atoms with Gasteiger partial charge < -0.3 is 10.2 Å². The van der Waals surface area contributed by atoms with Gasteiger partial charge in [0.1, 0.15) is 0 Å². The first-order valence-electron chi connectivity index (χ1n) is 9.62. The molecule has 26 heavy (non-hydrogen) atoms. The van der Waals surface area contributed by atoms with E-state index in [-0.39, 0.29) is 6.03 Å². The first kappa shape index (κ1) is 17.6. The number of carbonyl (C=O) groups is 1. The SMILES string of the molecule is O=C(NCC1CCCN(Cc2cccs2)C1)N1CCc2ccccc2C1. The van der Waals surface area contributed by atoms with Crippen molar-refractivity contribution >= 4 is 17.4 Å². The lowest BCUT2D eigenvalue weighted by Crippen LogP contribution is -2.46. The summed E-state index contributed by atoms with van der Waals surface area (Å²) in [5.41, 5.74) is 2.67. The third kappa shape index (κ3) is 4.27. The minimum absolute atomic E-state index is 0.0925. The zero-order valence-electron chi connectivity index (χ0n) is 15.2. The average Bonchev–Trinajstić information content (AvgIpc) is 3.19. The van der Waals surface area contributed by atoms with Gasteiger partial charge in [-0.2, -0.15) is 0 Å². The predicted octanol–water partition coefficient (Wildman–Crippen LogP) is 3.73. The van der Waals surface area contributed by atoms with E-state index < -0.39 is 0 Å². The van der Waals surface area contributed by atoms with Crippen LogP contribution in [0.1, 0.15) is 28.8 Å². The lowest BCUT2D eigenvalue weighted by atomic mass is 9.98. The van der Waals surface area contributed by atoms with Crippen LogP contribution in [-0.2, 0) is 19.5 Å². The van der Waals surface area contributed by atoms with Gasteiger partial charge in [0.05, 0.1) is 0 Å². The third-order valence-corrected chi connectivity index (χ3v) is 6.38. The van der Waals surface area contributed by atoms with E-state index in [0.717, 1.165) is 39.1 Å². The Labute approximate surface area is 159 Å². The summed E-state index contributed by atoms with van der Waals surface area (Å²) in [6, 6.07) is 12.9. The molecule has 2 aromatic rings. The van der Waals surface area contributed by atoms with E-state index in [1.807, 2.05) is 16.2 Å². The van der Waals surface area contributed by atoms with E-state index >= 15 is 0 Å². The van der Waals surface area contributed by atoms with Gasteiger partial charge in [-0.3, -0.25) is 4.90 Å². The Morgan fingerprint density at radius 2 is 2.04 bits per heavy atom. The highest BCUT2D eigenvalue weighted by atomic mass is 32.1. The number of likely N-dealkylation sites (tertiary alicyclic amines) is 1. The van der Waals surface area contributed by atoms with Crippen molar-refractivity contribution in [3.8, 4) is 0 Å². The highest BCUT2D eigenvalue weighted by Crippen LogP contribution is 2.21. The van der Waals surface area contributed by atoms with Crippen LogP contribution in [0, 0.1) is 5.92 Å². The summed E-state index contributed by atoms with van der Waals surface area (Å²) in [5.74, 6) is 0.560. The molecule has 0 spiro atoms. The van der Waals surface area contributed by atoms with Crippen molar-refractivity contribution < 1.29 is 4.79 Å². The Morgan fingerprint density at radius 3 is 2.88 bits per heavy atom. The second-order valence-electron chi connectivity index (χ2n) is 7.45. The summed E-state index contributed by atoms with van der Waals surface area (Å²) in [6.45, 7) is 5.64. The summed E-state index contributed by atoms with van der Waals surface area (Å²) in [6.07, 6.45) is 3.40. The number of benzene rings is 1. The molecule has 1 atom stereocenters. The van der Waals surface area contributed by atoms with Gasteiger partial charge in [-0.1, -0.05) is 30.3 Å². The number of fused-ring (bicyclic) bond motifs is 1. The van der Waals surface area contributed by atoms with Gasteiger partial charge in [0, 0.05) is 37.6 Å². The maximum atomic E-state index is 12.6. The van der Waals surface area contributed by atoms with Gasteiger partial charge in [-0.15, -0.1) is 11.3 Å². The van der Waals surface area contributed by atoms with Gasteiger partial charge in [-0.25, -0.2) is 4.79 Å². The summed E-state index contributed by atoms with van der Waals surface area (Å²) < 4.78 is 0. The molecule has 1 aromatic carbocycles. The molecule has 0 bridgehead atoms. The maximum Gasteiger partial charge on any atom is 0.317 e. The molecule has 0 radical (unpaired) electrons. The first-order valence-corrected chi connectivity index (χ1v) is 10.5. The fraction of sp³-hybridized carbons (Fsp3) is 0.476. The van der Waals surface area contributed by atoms with Gasteiger partial charge in [0.25, 0.3) is 0 Å².